The molecular weight excluding hydrogens is 440 g/mol. The number of hydrogen-bond acceptors (Lipinski definition) is 5. The van der Waals surface area contributed by atoms with Gasteiger partial charge in [0.25, 0.3) is 0 Å². The van der Waals surface area contributed by atoms with Gasteiger partial charge in [-0.15, -0.1) is 11.8 Å². The van der Waals surface area contributed by atoms with Crippen LogP contribution in [-0.4, -0.2) is 32.6 Å². The maximum absolute atomic E-state index is 12.1. The molecule has 0 saturated heterocycles. The molecule has 0 aromatic heterocycles. The van der Waals surface area contributed by atoms with Crippen LogP contribution in [0.1, 0.15) is 11.1 Å². The summed E-state index contributed by atoms with van der Waals surface area (Å²) in [6, 6.07) is 9.09. The van der Waals surface area contributed by atoms with Crippen LogP contribution >= 0.6 is 39.3 Å². The van der Waals surface area contributed by atoms with Gasteiger partial charge in [-0.05, 0) is 63.6 Å². The Morgan fingerprint density at radius 3 is 2.73 bits per heavy atom. The molecule has 5 nitrogen and oxygen atoms in total. The van der Waals surface area contributed by atoms with Crippen molar-refractivity contribution in [2.75, 3.05) is 20.5 Å². The van der Waals surface area contributed by atoms with E-state index in [4.69, 9.17) is 21.1 Å². The van der Waals surface area contributed by atoms with Gasteiger partial charge in [-0.3, -0.25) is 4.79 Å². The van der Waals surface area contributed by atoms with Gasteiger partial charge in [0.15, 0.2) is 11.5 Å². The van der Waals surface area contributed by atoms with E-state index in [1.165, 1.54) is 6.21 Å². The van der Waals surface area contributed by atoms with Crippen LogP contribution in [0.2, 0.25) is 5.02 Å². The van der Waals surface area contributed by atoms with Gasteiger partial charge in [-0.25, -0.2) is 5.43 Å². The van der Waals surface area contributed by atoms with Crippen molar-refractivity contribution in [1.29, 1.82) is 0 Å². The second-order valence-electron chi connectivity index (χ2n) is 5.16. The van der Waals surface area contributed by atoms with E-state index in [0.717, 1.165) is 20.5 Å². The van der Waals surface area contributed by atoms with E-state index in [0.29, 0.717) is 16.5 Å². The van der Waals surface area contributed by atoms with E-state index >= 15 is 0 Å². The monoisotopic (exact) mass is 456 g/mol. The predicted octanol–water partition coefficient (Wildman–Crippen LogP) is 4.53. The Balaban J connectivity index is 2.06. The van der Waals surface area contributed by atoms with Crippen molar-refractivity contribution in [3.8, 4) is 11.5 Å². The summed E-state index contributed by atoms with van der Waals surface area (Å²) in [6.45, 7) is 0. The molecule has 0 saturated carbocycles. The molecule has 0 aliphatic heterocycles. The topological polar surface area (TPSA) is 59.9 Å². The van der Waals surface area contributed by atoms with Crippen molar-refractivity contribution >= 4 is 51.4 Å². The van der Waals surface area contributed by atoms with Crippen LogP contribution in [0.3, 0.4) is 0 Å². The molecule has 138 valence electrons. The molecule has 0 aliphatic rings. The lowest BCUT2D eigenvalue weighted by Crippen LogP contribution is -2.20. The Morgan fingerprint density at radius 2 is 2.08 bits per heavy atom. The smallest absolute Gasteiger partial charge is 0.244 e. The summed E-state index contributed by atoms with van der Waals surface area (Å²) in [5, 5.41) is 4.61. The minimum atomic E-state index is -0.224. The summed E-state index contributed by atoms with van der Waals surface area (Å²) in [7, 11) is 3.12. The molecule has 0 aliphatic carbocycles. The molecule has 0 heterocycles. The summed E-state index contributed by atoms with van der Waals surface area (Å²) >= 11 is 11.0. The van der Waals surface area contributed by atoms with Crippen molar-refractivity contribution in [2.45, 2.75) is 11.3 Å². The number of nitrogens with zero attached hydrogens (tertiary/aromatic N) is 1. The van der Waals surface area contributed by atoms with Crippen molar-refractivity contribution in [2.24, 2.45) is 5.10 Å². The number of amides is 1. The van der Waals surface area contributed by atoms with Crippen LogP contribution in [0, 0.1) is 0 Å². The predicted molar refractivity (Wildman–Crippen MR) is 110 cm³/mol. The second-order valence-corrected chi connectivity index (χ2v) is 7.30. The zero-order valence-corrected chi connectivity index (χ0v) is 17.7. The summed E-state index contributed by atoms with van der Waals surface area (Å²) in [5.74, 6) is 0.941. The van der Waals surface area contributed by atoms with Gasteiger partial charge in [0.05, 0.1) is 31.3 Å². The lowest BCUT2D eigenvalue weighted by Gasteiger charge is -2.10. The largest absolute Gasteiger partial charge is 0.493 e. The molecule has 0 spiro atoms. The maximum Gasteiger partial charge on any atom is 0.244 e. The van der Waals surface area contributed by atoms with Crippen LogP contribution in [-0.2, 0) is 11.2 Å². The Morgan fingerprint density at radius 1 is 1.31 bits per heavy atom. The number of hydrogen-bond donors (Lipinski definition) is 1. The Bertz CT molecular complexity index is 830. The first kappa shape index (κ1) is 20.6. The third-order valence-electron chi connectivity index (χ3n) is 3.45. The minimum Gasteiger partial charge on any atom is -0.493 e. The number of ether oxygens (including phenoxy) is 2. The van der Waals surface area contributed by atoms with Crippen molar-refractivity contribution in [3.63, 3.8) is 0 Å². The first-order chi connectivity index (χ1) is 12.5. The number of benzene rings is 2. The molecule has 2 aromatic rings. The number of carbonyl (C=O) groups is 1. The molecule has 2 rings (SSSR count). The second kappa shape index (κ2) is 9.85. The first-order valence-electron chi connectivity index (χ1n) is 7.54. The van der Waals surface area contributed by atoms with E-state index in [1.54, 1.807) is 38.1 Å². The highest BCUT2D eigenvalue weighted by molar-refractivity contribution is 9.10. The normalized spacial score (nSPS) is 10.8. The number of rotatable bonds is 7. The number of hydrazone groups is 1. The molecule has 0 unspecified atom stereocenters. The molecule has 2 aromatic carbocycles. The average Bonchev–Trinajstić information content (AvgIpc) is 2.61. The van der Waals surface area contributed by atoms with Gasteiger partial charge in [0.2, 0.25) is 5.91 Å². The zero-order valence-electron chi connectivity index (χ0n) is 14.5. The van der Waals surface area contributed by atoms with Crippen LogP contribution < -0.4 is 14.9 Å². The molecule has 0 atom stereocenters. The molecule has 0 fully saturated rings. The van der Waals surface area contributed by atoms with E-state index in [-0.39, 0.29) is 12.3 Å². The number of nitrogens with one attached hydrogen (secondary N) is 1. The van der Waals surface area contributed by atoms with Gasteiger partial charge in [-0.1, -0.05) is 11.6 Å². The summed E-state index contributed by atoms with van der Waals surface area (Å²) in [6.07, 6.45) is 3.69. The Labute approximate surface area is 170 Å². The fraction of sp³-hybridized carbons (Fsp3) is 0.222. The van der Waals surface area contributed by atoms with E-state index in [2.05, 4.69) is 26.5 Å². The summed E-state index contributed by atoms with van der Waals surface area (Å²) in [5.41, 5.74) is 4.15. The van der Waals surface area contributed by atoms with Gasteiger partial charge in [0.1, 0.15) is 0 Å². The third-order valence-corrected chi connectivity index (χ3v) is 5.11. The quantitative estimate of drug-likeness (QED) is 0.377. The number of carbonyl (C=O) groups excluding carboxylic acids is 1. The van der Waals surface area contributed by atoms with Crippen molar-refractivity contribution in [1.82, 2.24) is 5.43 Å². The van der Waals surface area contributed by atoms with Crippen LogP contribution in [0.15, 0.2) is 44.8 Å². The first-order valence-corrected chi connectivity index (χ1v) is 9.94. The van der Waals surface area contributed by atoms with Gasteiger partial charge in [-0.2, -0.15) is 5.10 Å². The molecule has 0 bridgehead atoms. The zero-order chi connectivity index (χ0) is 19.1. The van der Waals surface area contributed by atoms with E-state index < -0.39 is 0 Å². The van der Waals surface area contributed by atoms with Crippen molar-refractivity contribution in [3.05, 3.63) is 51.0 Å². The number of halogens is 2. The van der Waals surface area contributed by atoms with E-state index in [1.807, 2.05) is 24.5 Å². The Hall–Kier alpha value is -1.70. The van der Waals surface area contributed by atoms with Crippen LogP contribution in [0.4, 0.5) is 0 Å². The standard InChI is InChI=1S/C18H18BrClN2O3S/c1-24-15-7-11(6-14(19)18(15)25-2)10-21-22-17(23)9-12-8-13(20)4-5-16(12)26-3/h4-8,10H,9H2,1-3H3,(H,22,23)/b21-10-. The number of methoxy groups -OCH3 is 2. The lowest BCUT2D eigenvalue weighted by molar-refractivity contribution is -0.120. The highest BCUT2D eigenvalue weighted by atomic mass is 79.9. The molecule has 26 heavy (non-hydrogen) atoms. The summed E-state index contributed by atoms with van der Waals surface area (Å²) < 4.78 is 11.3. The van der Waals surface area contributed by atoms with Crippen LogP contribution in [0.5, 0.6) is 11.5 Å². The third kappa shape index (κ3) is 5.40. The number of thioether (sulfide) groups is 1. The highest BCUT2D eigenvalue weighted by Crippen LogP contribution is 2.35. The lowest BCUT2D eigenvalue weighted by atomic mass is 10.1. The molecule has 1 N–H and O–H groups in total. The molecule has 0 radical (unpaired) electrons. The van der Waals surface area contributed by atoms with Gasteiger partial charge >= 0.3 is 0 Å². The molecule has 1 amide bonds. The molecular formula is C18H18BrClN2O3S. The van der Waals surface area contributed by atoms with E-state index in [9.17, 15) is 4.79 Å². The summed E-state index contributed by atoms with van der Waals surface area (Å²) in [4.78, 5) is 13.2. The van der Waals surface area contributed by atoms with Crippen molar-refractivity contribution < 1.29 is 14.3 Å². The minimum absolute atomic E-state index is 0.198. The Kier molecular flexibility index (Phi) is 7.81. The fourth-order valence-corrected chi connectivity index (χ4v) is 3.70. The molecule has 8 heteroatoms. The SMILES string of the molecule is COc1cc(/C=N\NC(=O)Cc2cc(Cl)ccc2SC)cc(Br)c1OC. The highest BCUT2D eigenvalue weighted by Gasteiger charge is 2.10. The average molecular weight is 458 g/mol. The maximum atomic E-state index is 12.1. The van der Waals surface area contributed by atoms with Gasteiger partial charge < -0.3 is 9.47 Å². The fourth-order valence-electron chi connectivity index (χ4n) is 2.29. The van der Waals surface area contributed by atoms with Crippen LogP contribution in [0.25, 0.3) is 0 Å². The van der Waals surface area contributed by atoms with Gasteiger partial charge in [0, 0.05) is 9.92 Å².